The van der Waals surface area contributed by atoms with E-state index >= 15 is 0 Å². The van der Waals surface area contributed by atoms with E-state index in [-0.39, 0.29) is 11.9 Å². The number of ether oxygens (including phenoxy) is 1. The fourth-order valence-corrected chi connectivity index (χ4v) is 4.25. The average Bonchev–Trinajstić information content (AvgIpc) is 2.93. The summed E-state index contributed by atoms with van der Waals surface area (Å²) in [6.07, 6.45) is 3.97. The lowest BCUT2D eigenvalue weighted by molar-refractivity contribution is 0.0526. The zero-order chi connectivity index (χ0) is 17.1. The van der Waals surface area contributed by atoms with Gasteiger partial charge in [-0.2, -0.15) is 0 Å². The van der Waals surface area contributed by atoms with Crippen molar-refractivity contribution in [3.8, 4) is 0 Å². The Kier molecular flexibility index (Phi) is 5.21. The molecule has 0 aliphatic heterocycles. The molecule has 1 aromatic heterocycles. The minimum atomic E-state index is -0.358. The Morgan fingerprint density at radius 1 is 1.21 bits per heavy atom. The van der Waals surface area contributed by atoms with E-state index < -0.39 is 0 Å². The van der Waals surface area contributed by atoms with Crippen molar-refractivity contribution < 1.29 is 14.3 Å². The molecule has 1 aliphatic carbocycles. The highest BCUT2D eigenvalue weighted by molar-refractivity contribution is 7.17. The second-order valence-electron chi connectivity index (χ2n) is 5.60. The third kappa shape index (κ3) is 3.47. The highest BCUT2D eigenvalue weighted by Gasteiger charge is 2.27. The number of thiophene rings is 1. The number of halogens is 1. The fraction of sp³-hybridized carbons (Fsp3) is 0.333. The third-order valence-corrected chi connectivity index (χ3v) is 5.44. The topological polar surface area (TPSA) is 55.4 Å². The zero-order valence-corrected chi connectivity index (χ0v) is 14.9. The lowest BCUT2D eigenvalue weighted by Gasteiger charge is -2.12. The van der Waals surface area contributed by atoms with Crippen LogP contribution in [-0.2, 0) is 17.6 Å². The van der Waals surface area contributed by atoms with Crippen LogP contribution in [0.2, 0.25) is 5.02 Å². The Labute approximate surface area is 149 Å². The van der Waals surface area contributed by atoms with Crippen LogP contribution in [0.5, 0.6) is 0 Å². The van der Waals surface area contributed by atoms with Crippen LogP contribution in [0.1, 0.15) is 50.9 Å². The van der Waals surface area contributed by atoms with Gasteiger partial charge in [-0.1, -0.05) is 11.6 Å². The molecule has 0 atom stereocenters. The fourth-order valence-electron chi connectivity index (χ4n) is 2.85. The molecule has 6 heteroatoms. The predicted octanol–water partition coefficient (Wildman–Crippen LogP) is 4.71. The van der Waals surface area contributed by atoms with Crippen molar-refractivity contribution in [1.82, 2.24) is 0 Å². The SMILES string of the molecule is CCOC(=O)c1c(NC(=O)c2ccc(Cl)cc2)sc2c1CCCC2. The third-order valence-electron chi connectivity index (χ3n) is 3.98. The van der Waals surface area contributed by atoms with Crippen LogP contribution >= 0.6 is 22.9 Å². The number of anilines is 1. The number of esters is 1. The predicted molar refractivity (Wildman–Crippen MR) is 96.3 cm³/mol. The van der Waals surface area contributed by atoms with Crippen molar-refractivity contribution in [3.05, 3.63) is 50.9 Å². The number of hydrogen-bond acceptors (Lipinski definition) is 4. The summed E-state index contributed by atoms with van der Waals surface area (Å²) in [4.78, 5) is 26.0. The molecule has 4 nitrogen and oxygen atoms in total. The molecule has 1 heterocycles. The van der Waals surface area contributed by atoms with E-state index in [4.69, 9.17) is 16.3 Å². The van der Waals surface area contributed by atoms with Gasteiger partial charge in [0.05, 0.1) is 12.2 Å². The first kappa shape index (κ1) is 17.0. The maximum absolute atomic E-state index is 12.5. The Morgan fingerprint density at radius 2 is 1.92 bits per heavy atom. The number of carbonyl (C=O) groups is 2. The lowest BCUT2D eigenvalue weighted by atomic mass is 9.95. The first-order valence-electron chi connectivity index (χ1n) is 7.98. The number of carbonyl (C=O) groups excluding carboxylic acids is 2. The van der Waals surface area contributed by atoms with Gasteiger partial charge in [0, 0.05) is 15.5 Å². The molecule has 1 aliphatic rings. The molecule has 0 unspecified atom stereocenters. The van der Waals surface area contributed by atoms with E-state index in [2.05, 4.69) is 5.32 Å². The van der Waals surface area contributed by atoms with Crippen LogP contribution < -0.4 is 5.32 Å². The Hall–Kier alpha value is -1.85. The molecule has 0 spiro atoms. The van der Waals surface area contributed by atoms with Crippen LogP contribution in [-0.4, -0.2) is 18.5 Å². The van der Waals surface area contributed by atoms with Crippen molar-refractivity contribution in [2.45, 2.75) is 32.6 Å². The van der Waals surface area contributed by atoms with Gasteiger partial charge in [0.15, 0.2) is 0 Å². The van der Waals surface area contributed by atoms with Crippen molar-refractivity contribution in [2.24, 2.45) is 0 Å². The molecule has 1 N–H and O–H groups in total. The van der Waals surface area contributed by atoms with Crippen LogP contribution in [0.25, 0.3) is 0 Å². The molecule has 3 rings (SSSR count). The van der Waals surface area contributed by atoms with Gasteiger partial charge in [-0.05, 0) is 62.4 Å². The Bertz CT molecular complexity index is 767. The first-order valence-corrected chi connectivity index (χ1v) is 9.18. The van der Waals surface area contributed by atoms with Crippen molar-refractivity contribution in [2.75, 3.05) is 11.9 Å². The average molecular weight is 364 g/mol. The zero-order valence-electron chi connectivity index (χ0n) is 13.4. The molecule has 126 valence electrons. The second-order valence-corrected chi connectivity index (χ2v) is 7.14. The molecule has 0 fully saturated rings. The van der Waals surface area contributed by atoms with E-state index in [0.29, 0.717) is 27.8 Å². The standard InChI is InChI=1S/C18H18ClNO3S/c1-2-23-18(22)15-13-5-3-4-6-14(13)24-17(15)20-16(21)11-7-9-12(19)10-8-11/h7-10H,2-6H2,1H3,(H,20,21). The molecule has 2 aromatic rings. The summed E-state index contributed by atoms with van der Waals surface area (Å²) < 4.78 is 5.20. The minimum absolute atomic E-state index is 0.254. The number of fused-ring (bicyclic) bond motifs is 1. The molecule has 0 bridgehead atoms. The number of rotatable bonds is 4. The van der Waals surface area contributed by atoms with Gasteiger partial charge in [-0.25, -0.2) is 4.79 Å². The maximum atomic E-state index is 12.5. The Morgan fingerprint density at radius 3 is 2.62 bits per heavy atom. The van der Waals surface area contributed by atoms with E-state index in [1.165, 1.54) is 16.2 Å². The summed E-state index contributed by atoms with van der Waals surface area (Å²) in [5.41, 5.74) is 2.07. The summed E-state index contributed by atoms with van der Waals surface area (Å²) in [6, 6.07) is 6.66. The van der Waals surface area contributed by atoms with E-state index in [1.54, 1.807) is 31.2 Å². The molecule has 1 aromatic carbocycles. The summed E-state index contributed by atoms with van der Waals surface area (Å²) in [5, 5.41) is 4.04. The van der Waals surface area contributed by atoms with Crippen LogP contribution in [0, 0.1) is 0 Å². The van der Waals surface area contributed by atoms with E-state index in [1.807, 2.05) is 0 Å². The lowest BCUT2D eigenvalue weighted by Crippen LogP contribution is -2.15. The summed E-state index contributed by atoms with van der Waals surface area (Å²) in [5.74, 6) is -0.612. The summed E-state index contributed by atoms with van der Waals surface area (Å²) in [7, 11) is 0. The number of amides is 1. The van der Waals surface area contributed by atoms with E-state index in [9.17, 15) is 9.59 Å². The summed E-state index contributed by atoms with van der Waals surface area (Å²) >= 11 is 7.34. The normalized spacial score (nSPS) is 13.2. The second kappa shape index (κ2) is 7.36. The van der Waals surface area contributed by atoms with Crippen LogP contribution in [0.4, 0.5) is 5.00 Å². The van der Waals surface area contributed by atoms with Crippen molar-refractivity contribution in [1.29, 1.82) is 0 Å². The Balaban J connectivity index is 1.91. The van der Waals surface area contributed by atoms with Gasteiger partial charge in [-0.3, -0.25) is 4.79 Å². The van der Waals surface area contributed by atoms with Crippen LogP contribution in [0.15, 0.2) is 24.3 Å². The van der Waals surface area contributed by atoms with Gasteiger partial charge in [0.25, 0.3) is 5.91 Å². The van der Waals surface area contributed by atoms with E-state index in [0.717, 1.165) is 31.2 Å². The maximum Gasteiger partial charge on any atom is 0.341 e. The molecular weight excluding hydrogens is 346 g/mol. The van der Waals surface area contributed by atoms with Gasteiger partial charge < -0.3 is 10.1 Å². The smallest absolute Gasteiger partial charge is 0.341 e. The molecular formula is C18H18ClNO3S. The monoisotopic (exact) mass is 363 g/mol. The molecule has 24 heavy (non-hydrogen) atoms. The first-order chi connectivity index (χ1) is 11.6. The summed E-state index contributed by atoms with van der Waals surface area (Å²) in [6.45, 7) is 2.09. The number of nitrogens with one attached hydrogen (secondary N) is 1. The minimum Gasteiger partial charge on any atom is -0.462 e. The molecule has 0 radical (unpaired) electrons. The van der Waals surface area contributed by atoms with Gasteiger partial charge >= 0.3 is 5.97 Å². The quantitative estimate of drug-likeness (QED) is 0.800. The highest BCUT2D eigenvalue weighted by atomic mass is 35.5. The van der Waals surface area contributed by atoms with Crippen LogP contribution in [0.3, 0.4) is 0 Å². The number of benzene rings is 1. The molecule has 0 saturated heterocycles. The highest BCUT2D eigenvalue weighted by Crippen LogP contribution is 2.38. The molecule has 1 amide bonds. The molecule has 0 saturated carbocycles. The largest absolute Gasteiger partial charge is 0.462 e. The number of aryl methyl sites for hydroxylation is 1. The number of hydrogen-bond donors (Lipinski definition) is 1. The van der Waals surface area contributed by atoms with Gasteiger partial charge in [0.1, 0.15) is 5.00 Å². The van der Waals surface area contributed by atoms with Crippen molar-refractivity contribution >= 4 is 39.8 Å². The van der Waals surface area contributed by atoms with Gasteiger partial charge in [-0.15, -0.1) is 11.3 Å². The van der Waals surface area contributed by atoms with Gasteiger partial charge in [0.2, 0.25) is 0 Å². The van der Waals surface area contributed by atoms with Crippen molar-refractivity contribution in [3.63, 3.8) is 0 Å².